The third kappa shape index (κ3) is 3.62. The number of benzene rings is 2. The van der Waals surface area contributed by atoms with E-state index in [0.29, 0.717) is 24.6 Å². The Morgan fingerprint density at radius 2 is 1.77 bits per heavy atom. The minimum atomic E-state index is -0.722. The van der Waals surface area contributed by atoms with Gasteiger partial charge >= 0.3 is 5.69 Å². The third-order valence-corrected chi connectivity index (χ3v) is 5.52. The van der Waals surface area contributed by atoms with Gasteiger partial charge in [0.15, 0.2) is 17.2 Å². The molecule has 31 heavy (non-hydrogen) atoms. The van der Waals surface area contributed by atoms with Crippen LogP contribution in [0.5, 0.6) is 0 Å². The highest BCUT2D eigenvalue weighted by Gasteiger charge is 2.23. The number of aromatic amines is 1. The Morgan fingerprint density at radius 1 is 1.06 bits per heavy atom. The fourth-order valence-electron chi connectivity index (χ4n) is 3.94. The Bertz CT molecular complexity index is 1300. The molecule has 0 spiro atoms. The highest BCUT2D eigenvalue weighted by atomic mass is 16.5. The topological polar surface area (TPSA) is 116 Å². The van der Waals surface area contributed by atoms with Crippen LogP contribution >= 0.6 is 0 Å². The average Bonchev–Trinajstić information content (AvgIpc) is 3.42. The van der Waals surface area contributed by atoms with E-state index < -0.39 is 5.91 Å². The largest absolute Gasteiger partial charge is 0.376 e. The molecule has 1 atom stereocenters. The molecule has 1 aliphatic rings. The summed E-state index contributed by atoms with van der Waals surface area (Å²) in [5, 5.41) is 0. The van der Waals surface area contributed by atoms with Gasteiger partial charge in [0.2, 0.25) is 0 Å². The number of hydrogen-bond acceptors (Lipinski definition) is 5. The number of rotatable bonds is 5. The van der Waals surface area contributed by atoms with Crippen LogP contribution in [0.15, 0.2) is 59.4 Å². The molecule has 2 aromatic heterocycles. The normalized spacial score (nSPS) is 16.1. The molecule has 1 amide bonds. The first-order valence-electron chi connectivity index (χ1n) is 10.2. The Balaban J connectivity index is 1.60. The van der Waals surface area contributed by atoms with Gasteiger partial charge in [0.25, 0.3) is 5.91 Å². The number of ether oxygens (including phenoxy) is 1. The molecule has 8 heteroatoms. The number of nitrogens with one attached hydrogen (secondary N) is 1. The van der Waals surface area contributed by atoms with Crippen LogP contribution in [0.4, 0.5) is 0 Å². The van der Waals surface area contributed by atoms with E-state index in [9.17, 15) is 9.59 Å². The molecule has 5 rings (SSSR count). The molecule has 1 unspecified atom stereocenters. The zero-order valence-electron chi connectivity index (χ0n) is 16.7. The summed E-state index contributed by atoms with van der Waals surface area (Å²) in [6.45, 7) is 1.04. The van der Waals surface area contributed by atoms with E-state index >= 15 is 0 Å². The second-order valence-corrected chi connectivity index (χ2v) is 7.58. The van der Waals surface area contributed by atoms with Crippen LogP contribution in [0.2, 0.25) is 0 Å². The van der Waals surface area contributed by atoms with Gasteiger partial charge in [-0.25, -0.2) is 14.8 Å². The summed E-state index contributed by atoms with van der Waals surface area (Å²) in [4.78, 5) is 36.3. The Kier molecular flexibility index (Phi) is 4.83. The van der Waals surface area contributed by atoms with Crippen molar-refractivity contribution in [1.29, 1.82) is 0 Å². The fourth-order valence-corrected chi connectivity index (χ4v) is 3.94. The summed E-state index contributed by atoms with van der Waals surface area (Å²) in [6.07, 6.45) is 1.78. The summed E-state index contributed by atoms with van der Waals surface area (Å²) in [5.74, 6) is -0.388. The smallest absolute Gasteiger partial charge is 0.327 e. The lowest BCUT2D eigenvalue weighted by Crippen LogP contribution is -2.24. The van der Waals surface area contributed by atoms with Gasteiger partial charge in [-0.05, 0) is 24.0 Å². The van der Waals surface area contributed by atoms with Crippen molar-refractivity contribution in [2.45, 2.75) is 25.5 Å². The maximum absolute atomic E-state index is 12.6. The van der Waals surface area contributed by atoms with E-state index in [0.717, 1.165) is 29.5 Å². The molecule has 156 valence electrons. The first-order chi connectivity index (χ1) is 15.1. The van der Waals surface area contributed by atoms with E-state index in [1.807, 2.05) is 54.6 Å². The van der Waals surface area contributed by atoms with Crippen LogP contribution in [0.3, 0.4) is 0 Å². The van der Waals surface area contributed by atoms with Crippen molar-refractivity contribution >= 4 is 17.1 Å². The van der Waals surface area contributed by atoms with Crippen molar-refractivity contribution < 1.29 is 9.53 Å². The molecule has 0 radical (unpaired) electrons. The molecular formula is C23H21N5O3. The average molecular weight is 415 g/mol. The number of imidazole rings is 1. The monoisotopic (exact) mass is 415 g/mol. The van der Waals surface area contributed by atoms with Crippen molar-refractivity contribution in [3.63, 3.8) is 0 Å². The molecule has 0 aliphatic carbocycles. The van der Waals surface area contributed by atoms with Crippen molar-refractivity contribution in [2.24, 2.45) is 5.73 Å². The van der Waals surface area contributed by atoms with Gasteiger partial charge in [0, 0.05) is 12.2 Å². The number of hydrogen-bond donors (Lipinski definition) is 2. The van der Waals surface area contributed by atoms with Gasteiger partial charge in [-0.1, -0.05) is 54.6 Å². The molecule has 3 N–H and O–H groups in total. The lowest BCUT2D eigenvalue weighted by Gasteiger charge is -2.11. The molecular weight excluding hydrogens is 394 g/mol. The summed E-state index contributed by atoms with van der Waals surface area (Å²) in [5.41, 5.74) is 8.67. The van der Waals surface area contributed by atoms with Crippen molar-refractivity contribution in [3.8, 4) is 22.5 Å². The Hall–Kier alpha value is -3.78. The number of amides is 1. The van der Waals surface area contributed by atoms with E-state index in [-0.39, 0.29) is 23.0 Å². The second-order valence-electron chi connectivity index (χ2n) is 7.58. The van der Waals surface area contributed by atoms with Crippen LogP contribution < -0.4 is 11.4 Å². The maximum Gasteiger partial charge on any atom is 0.327 e. The third-order valence-electron chi connectivity index (χ3n) is 5.52. The summed E-state index contributed by atoms with van der Waals surface area (Å²) in [6, 6.07) is 17.7. The van der Waals surface area contributed by atoms with Gasteiger partial charge in [-0.15, -0.1) is 0 Å². The highest BCUT2D eigenvalue weighted by molar-refractivity contribution is 6.01. The maximum atomic E-state index is 12.6. The van der Waals surface area contributed by atoms with Crippen LogP contribution in [-0.4, -0.2) is 38.1 Å². The van der Waals surface area contributed by atoms with E-state index in [4.69, 9.17) is 10.5 Å². The Morgan fingerprint density at radius 3 is 2.45 bits per heavy atom. The van der Waals surface area contributed by atoms with Gasteiger partial charge < -0.3 is 15.5 Å². The lowest BCUT2D eigenvalue weighted by molar-refractivity contribution is 0.0970. The van der Waals surface area contributed by atoms with Gasteiger partial charge in [-0.3, -0.25) is 9.36 Å². The van der Waals surface area contributed by atoms with Crippen LogP contribution in [0.25, 0.3) is 33.7 Å². The number of H-pyrrole nitrogens is 1. The van der Waals surface area contributed by atoms with Crippen molar-refractivity contribution in [2.75, 3.05) is 6.61 Å². The van der Waals surface area contributed by atoms with Crippen molar-refractivity contribution in [3.05, 3.63) is 70.8 Å². The minimum absolute atomic E-state index is 0.00433. The Labute approximate surface area is 177 Å². The quantitative estimate of drug-likeness (QED) is 0.520. The first-order valence-corrected chi connectivity index (χ1v) is 10.2. The molecule has 1 aliphatic heterocycles. The molecule has 8 nitrogen and oxygen atoms in total. The number of carbonyl (C=O) groups is 1. The van der Waals surface area contributed by atoms with Gasteiger partial charge in [0.05, 0.1) is 12.6 Å². The molecule has 4 aromatic rings. The van der Waals surface area contributed by atoms with Crippen LogP contribution in [-0.2, 0) is 11.3 Å². The summed E-state index contributed by atoms with van der Waals surface area (Å²) < 4.78 is 7.17. The SMILES string of the molecule is NC(=O)c1nc(-c2ccc(-c3ccccc3)cc2)nc2c1[nH]c(=O)n2CC1CCCO1. The van der Waals surface area contributed by atoms with E-state index in [2.05, 4.69) is 15.0 Å². The molecule has 2 aromatic carbocycles. The molecule has 0 saturated carbocycles. The zero-order chi connectivity index (χ0) is 21.4. The summed E-state index contributed by atoms with van der Waals surface area (Å²) >= 11 is 0. The predicted molar refractivity (Wildman–Crippen MR) is 117 cm³/mol. The predicted octanol–water partition coefficient (Wildman–Crippen LogP) is 2.73. The number of fused-ring (bicyclic) bond motifs is 1. The second kappa shape index (κ2) is 7.81. The first kappa shape index (κ1) is 19.2. The number of nitrogens with zero attached hydrogens (tertiary/aromatic N) is 3. The standard InChI is InChI=1S/C23H21N5O3/c24-20(29)18-19-22(28(23(30)26-19)13-17-7-4-12-31-17)27-21(25-18)16-10-8-15(9-11-16)14-5-2-1-3-6-14/h1-3,5-6,8-11,17H,4,7,12-13H2,(H2,24,29)(H,26,30). The number of primary amides is 1. The van der Waals surface area contributed by atoms with Crippen LogP contribution in [0, 0.1) is 0 Å². The molecule has 0 bridgehead atoms. The number of aromatic nitrogens is 4. The molecule has 3 heterocycles. The lowest BCUT2D eigenvalue weighted by atomic mass is 10.0. The molecule has 1 fully saturated rings. The number of nitrogens with two attached hydrogens (primary N) is 1. The van der Waals surface area contributed by atoms with E-state index in [1.54, 1.807) is 0 Å². The van der Waals surface area contributed by atoms with Crippen LogP contribution in [0.1, 0.15) is 23.3 Å². The number of carbonyl (C=O) groups excluding carboxylic acids is 1. The van der Waals surface area contributed by atoms with Gasteiger partial charge in [0.1, 0.15) is 5.52 Å². The molecule has 1 saturated heterocycles. The van der Waals surface area contributed by atoms with Crippen molar-refractivity contribution in [1.82, 2.24) is 19.5 Å². The summed E-state index contributed by atoms with van der Waals surface area (Å²) in [7, 11) is 0. The van der Waals surface area contributed by atoms with Gasteiger partial charge in [-0.2, -0.15) is 0 Å². The fraction of sp³-hybridized carbons (Fsp3) is 0.217. The highest BCUT2D eigenvalue weighted by Crippen LogP contribution is 2.25. The van der Waals surface area contributed by atoms with E-state index in [1.165, 1.54) is 4.57 Å². The minimum Gasteiger partial charge on any atom is -0.376 e. The zero-order valence-corrected chi connectivity index (χ0v) is 16.7.